The molecule has 1 aromatic heterocycles. The number of fused-ring (bicyclic) bond motifs is 1. The molecular weight excluding hydrogens is 310 g/mol. The number of hydrogen-bond donors (Lipinski definition) is 2. The molecule has 1 aliphatic rings. The topological polar surface area (TPSA) is 81.7 Å². The van der Waals surface area contributed by atoms with Crippen molar-refractivity contribution in [2.75, 3.05) is 20.3 Å². The van der Waals surface area contributed by atoms with E-state index >= 15 is 0 Å². The maximum atomic E-state index is 11.9. The Morgan fingerprint density at radius 2 is 2.00 bits per heavy atom. The first kappa shape index (κ1) is 15.9. The number of hydrogen-bond acceptors (Lipinski definition) is 5. The van der Waals surface area contributed by atoms with E-state index < -0.39 is 0 Å². The van der Waals surface area contributed by atoms with Crippen LogP contribution in [0.3, 0.4) is 0 Å². The van der Waals surface area contributed by atoms with E-state index in [9.17, 15) is 4.79 Å². The van der Waals surface area contributed by atoms with Gasteiger partial charge in [0, 0.05) is 12.1 Å². The lowest BCUT2D eigenvalue weighted by atomic mass is 10.1. The zero-order valence-electron chi connectivity index (χ0n) is 13.4. The van der Waals surface area contributed by atoms with E-state index in [0.29, 0.717) is 43.6 Å². The van der Waals surface area contributed by atoms with Gasteiger partial charge in [0.1, 0.15) is 19.0 Å². The molecule has 126 valence electrons. The van der Waals surface area contributed by atoms with E-state index in [2.05, 4.69) is 15.6 Å². The minimum Gasteiger partial charge on any atom is -0.495 e. The highest BCUT2D eigenvalue weighted by Gasteiger charge is 2.15. The van der Waals surface area contributed by atoms with E-state index in [1.165, 1.54) is 0 Å². The Morgan fingerprint density at radius 3 is 2.79 bits per heavy atom. The molecule has 0 bridgehead atoms. The standard InChI is InChI=1S/C17H19N3O4/c1-22-14-6-5-13(18-11-14)10-20-17(21)19-9-12-3-2-4-15-16(12)24-8-7-23-15/h2-6,11H,7-10H2,1H3,(H2,19,20,21). The number of urea groups is 1. The number of methoxy groups -OCH3 is 1. The molecule has 1 aliphatic heterocycles. The Kier molecular flexibility index (Phi) is 5.00. The van der Waals surface area contributed by atoms with Crippen LogP contribution in [0.2, 0.25) is 0 Å². The van der Waals surface area contributed by atoms with Gasteiger partial charge in [0.25, 0.3) is 0 Å². The number of benzene rings is 1. The highest BCUT2D eigenvalue weighted by Crippen LogP contribution is 2.33. The van der Waals surface area contributed by atoms with Crippen molar-refractivity contribution in [1.29, 1.82) is 0 Å². The number of carbonyl (C=O) groups excluding carboxylic acids is 1. The highest BCUT2D eigenvalue weighted by atomic mass is 16.6. The number of nitrogens with one attached hydrogen (secondary N) is 2. The van der Waals surface area contributed by atoms with Crippen LogP contribution in [0.25, 0.3) is 0 Å². The molecular formula is C17H19N3O4. The molecule has 0 fully saturated rings. The molecule has 0 aliphatic carbocycles. The molecule has 2 heterocycles. The monoisotopic (exact) mass is 329 g/mol. The second-order valence-corrected chi connectivity index (χ2v) is 5.17. The highest BCUT2D eigenvalue weighted by molar-refractivity contribution is 5.74. The quantitative estimate of drug-likeness (QED) is 0.875. The van der Waals surface area contributed by atoms with Crippen LogP contribution in [0, 0.1) is 0 Å². The minimum absolute atomic E-state index is 0.276. The van der Waals surface area contributed by atoms with Gasteiger partial charge >= 0.3 is 6.03 Å². The van der Waals surface area contributed by atoms with E-state index in [0.717, 1.165) is 11.3 Å². The lowest BCUT2D eigenvalue weighted by Gasteiger charge is -2.21. The molecule has 1 aromatic carbocycles. The predicted octanol–water partition coefficient (Wildman–Crippen LogP) is 1.86. The van der Waals surface area contributed by atoms with Gasteiger partial charge in [-0.3, -0.25) is 4.98 Å². The van der Waals surface area contributed by atoms with Gasteiger partial charge in [-0.2, -0.15) is 0 Å². The summed E-state index contributed by atoms with van der Waals surface area (Å²) in [5.74, 6) is 2.09. The molecule has 0 saturated carbocycles. The summed E-state index contributed by atoms with van der Waals surface area (Å²) in [7, 11) is 1.58. The second-order valence-electron chi connectivity index (χ2n) is 5.17. The third kappa shape index (κ3) is 3.87. The Bertz CT molecular complexity index is 703. The van der Waals surface area contributed by atoms with Gasteiger partial charge in [-0.05, 0) is 18.2 Å². The molecule has 0 spiro atoms. The van der Waals surface area contributed by atoms with Crippen LogP contribution in [0.15, 0.2) is 36.5 Å². The zero-order valence-corrected chi connectivity index (χ0v) is 13.4. The summed E-state index contributed by atoms with van der Waals surface area (Å²) in [6.07, 6.45) is 1.61. The number of aromatic nitrogens is 1. The lowest BCUT2D eigenvalue weighted by Crippen LogP contribution is -2.35. The summed E-state index contributed by atoms with van der Waals surface area (Å²) >= 11 is 0. The maximum absolute atomic E-state index is 11.9. The molecule has 24 heavy (non-hydrogen) atoms. The third-order valence-corrected chi connectivity index (χ3v) is 3.55. The van der Waals surface area contributed by atoms with E-state index in [-0.39, 0.29) is 6.03 Å². The molecule has 2 amide bonds. The summed E-state index contributed by atoms with van der Waals surface area (Å²) in [6, 6.07) is 8.96. The molecule has 0 unspecified atom stereocenters. The second kappa shape index (κ2) is 7.54. The molecule has 2 N–H and O–H groups in total. The van der Waals surface area contributed by atoms with Crippen LogP contribution in [-0.2, 0) is 13.1 Å². The van der Waals surface area contributed by atoms with Crippen molar-refractivity contribution in [2.24, 2.45) is 0 Å². The van der Waals surface area contributed by atoms with Crippen LogP contribution in [-0.4, -0.2) is 31.3 Å². The summed E-state index contributed by atoms with van der Waals surface area (Å²) in [5, 5.41) is 5.57. The molecule has 2 aromatic rings. The largest absolute Gasteiger partial charge is 0.495 e. The first-order valence-electron chi connectivity index (χ1n) is 7.64. The fraction of sp³-hybridized carbons (Fsp3) is 0.294. The van der Waals surface area contributed by atoms with Crippen molar-refractivity contribution in [3.05, 3.63) is 47.8 Å². The molecule has 0 saturated heterocycles. The van der Waals surface area contributed by atoms with Crippen LogP contribution in [0.5, 0.6) is 17.2 Å². The smallest absolute Gasteiger partial charge is 0.315 e. The molecule has 3 rings (SSSR count). The van der Waals surface area contributed by atoms with Gasteiger partial charge in [0.2, 0.25) is 0 Å². The van der Waals surface area contributed by atoms with Gasteiger partial charge in [0.15, 0.2) is 11.5 Å². The van der Waals surface area contributed by atoms with Gasteiger partial charge < -0.3 is 24.8 Å². The number of pyridine rings is 1. The minimum atomic E-state index is -0.276. The van der Waals surface area contributed by atoms with Crippen molar-refractivity contribution in [1.82, 2.24) is 15.6 Å². The van der Waals surface area contributed by atoms with E-state index in [4.69, 9.17) is 14.2 Å². The fourth-order valence-corrected chi connectivity index (χ4v) is 2.32. The summed E-state index contributed by atoms with van der Waals surface area (Å²) in [6.45, 7) is 1.75. The number of ether oxygens (including phenoxy) is 3. The Hall–Kier alpha value is -2.96. The third-order valence-electron chi connectivity index (χ3n) is 3.55. The Balaban J connectivity index is 1.50. The summed E-state index contributed by atoms with van der Waals surface area (Å²) < 4.78 is 16.2. The van der Waals surface area contributed by atoms with Crippen LogP contribution < -0.4 is 24.8 Å². The normalized spacial score (nSPS) is 12.4. The fourth-order valence-electron chi connectivity index (χ4n) is 2.32. The van der Waals surface area contributed by atoms with Gasteiger partial charge in [-0.15, -0.1) is 0 Å². The first-order valence-corrected chi connectivity index (χ1v) is 7.64. The summed E-state index contributed by atoms with van der Waals surface area (Å²) in [5.41, 5.74) is 1.63. The van der Waals surface area contributed by atoms with E-state index in [1.807, 2.05) is 18.2 Å². The van der Waals surface area contributed by atoms with Crippen molar-refractivity contribution < 1.29 is 19.0 Å². The number of rotatable bonds is 5. The van der Waals surface area contributed by atoms with Crippen molar-refractivity contribution in [3.63, 3.8) is 0 Å². The van der Waals surface area contributed by atoms with Crippen LogP contribution in [0.4, 0.5) is 4.79 Å². The van der Waals surface area contributed by atoms with Gasteiger partial charge in [-0.25, -0.2) is 4.79 Å². The summed E-state index contributed by atoms with van der Waals surface area (Å²) in [4.78, 5) is 16.1. The predicted molar refractivity (Wildman–Crippen MR) is 87.3 cm³/mol. The molecule has 0 atom stereocenters. The Labute approximate surface area is 139 Å². The van der Waals surface area contributed by atoms with Crippen molar-refractivity contribution in [2.45, 2.75) is 13.1 Å². The SMILES string of the molecule is COc1ccc(CNC(=O)NCc2cccc3c2OCCO3)nc1. The molecule has 0 radical (unpaired) electrons. The lowest BCUT2D eigenvalue weighted by molar-refractivity contribution is 0.169. The van der Waals surface area contributed by atoms with Gasteiger partial charge in [-0.1, -0.05) is 12.1 Å². The number of para-hydroxylation sites is 1. The molecule has 7 nitrogen and oxygen atoms in total. The van der Waals surface area contributed by atoms with Crippen molar-refractivity contribution >= 4 is 6.03 Å². The van der Waals surface area contributed by atoms with Gasteiger partial charge in [0.05, 0.1) is 25.5 Å². The maximum Gasteiger partial charge on any atom is 0.315 e. The number of amides is 2. The van der Waals surface area contributed by atoms with Crippen LogP contribution in [0.1, 0.15) is 11.3 Å². The Morgan fingerprint density at radius 1 is 1.17 bits per heavy atom. The average Bonchev–Trinajstić information content (AvgIpc) is 2.65. The van der Waals surface area contributed by atoms with E-state index in [1.54, 1.807) is 25.4 Å². The number of nitrogens with zero attached hydrogens (tertiary/aromatic N) is 1. The number of carbonyl (C=O) groups is 1. The average molecular weight is 329 g/mol. The first-order chi connectivity index (χ1) is 11.8. The van der Waals surface area contributed by atoms with Crippen molar-refractivity contribution in [3.8, 4) is 17.2 Å². The van der Waals surface area contributed by atoms with Crippen LogP contribution >= 0.6 is 0 Å². The zero-order chi connectivity index (χ0) is 16.8. The molecule has 7 heteroatoms.